The number of thioether (sulfide) groups is 1. The summed E-state index contributed by atoms with van der Waals surface area (Å²) in [5.41, 5.74) is 3.68. The van der Waals surface area contributed by atoms with Crippen LogP contribution in [0.4, 0.5) is 5.69 Å². The Balaban J connectivity index is 1.58. The maximum Gasteiger partial charge on any atom is 0.255 e. The number of para-hydroxylation sites is 1. The fourth-order valence-electron chi connectivity index (χ4n) is 3.43. The highest BCUT2D eigenvalue weighted by atomic mass is 32.2. The number of hydrogen-bond donors (Lipinski definition) is 1. The minimum absolute atomic E-state index is 0.0189. The summed E-state index contributed by atoms with van der Waals surface area (Å²) in [5, 5.41) is 2.94. The van der Waals surface area contributed by atoms with Gasteiger partial charge in [0.05, 0.1) is 17.0 Å². The van der Waals surface area contributed by atoms with Crippen LogP contribution in [0.1, 0.15) is 47.2 Å². The summed E-state index contributed by atoms with van der Waals surface area (Å²) in [5.74, 6) is 1.11. The Morgan fingerprint density at radius 3 is 2.39 bits per heavy atom. The van der Waals surface area contributed by atoms with Gasteiger partial charge >= 0.3 is 0 Å². The van der Waals surface area contributed by atoms with Gasteiger partial charge in [-0.25, -0.2) is 0 Å². The molecule has 4 nitrogen and oxygen atoms in total. The fraction of sp³-hybridized carbons (Fsp3) is 0.391. The zero-order valence-electron chi connectivity index (χ0n) is 16.4. The number of hydrogen-bond acceptors (Lipinski definition) is 3. The highest BCUT2D eigenvalue weighted by molar-refractivity contribution is 7.99. The Bertz CT molecular complexity index is 814. The van der Waals surface area contributed by atoms with Crippen LogP contribution in [0.3, 0.4) is 0 Å². The van der Waals surface area contributed by atoms with Gasteiger partial charge in [-0.1, -0.05) is 49.2 Å². The van der Waals surface area contributed by atoms with Gasteiger partial charge in [0.15, 0.2) is 0 Å². The molecule has 2 aromatic carbocycles. The zero-order chi connectivity index (χ0) is 19.8. The van der Waals surface area contributed by atoms with Crippen molar-refractivity contribution < 1.29 is 9.59 Å². The van der Waals surface area contributed by atoms with Crippen LogP contribution in [0.25, 0.3) is 0 Å². The number of benzene rings is 2. The third kappa shape index (κ3) is 5.61. The quantitative estimate of drug-likeness (QED) is 0.757. The first-order valence-corrected chi connectivity index (χ1v) is 11.1. The lowest BCUT2D eigenvalue weighted by atomic mass is 10.1. The second kappa shape index (κ2) is 10.3. The largest absolute Gasteiger partial charge is 0.339 e. The van der Waals surface area contributed by atoms with Crippen molar-refractivity contribution in [2.24, 2.45) is 0 Å². The van der Waals surface area contributed by atoms with Crippen LogP contribution in [-0.4, -0.2) is 35.6 Å². The lowest BCUT2D eigenvalue weighted by Gasteiger charge is -2.22. The van der Waals surface area contributed by atoms with E-state index in [0.717, 1.165) is 31.7 Å². The van der Waals surface area contributed by atoms with Crippen LogP contribution in [0.5, 0.6) is 0 Å². The predicted octanol–water partition coefficient (Wildman–Crippen LogP) is 4.88. The molecule has 5 heteroatoms. The number of nitrogens with zero attached hydrogens (tertiary/aromatic N) is 1. The Morgan fingerprint density at radius 1 is 0.964 bits per heavy atom. The number of nitrogens with one attached hydrogen (secondary N) is 1. The second-order valence-electron chi connectivity index (χ2n) is 7.22. The molecule has 0 spiro atoms. The Hall–Kier alpha value is -2.27. The second-order valence-corrected chi connectivity index (χ2v) is 8.21. The van der Waals surface area contributed by atoms with Crippen molar-refractivity contribution >= 4 is 29.3 Å². The summed E-state index contributed by atoms with van der Waals surface area (Å²) in [4.78, 5) is 27.3. The van der Waals surface area contributed by atoms with E-state index in [2.05, 4.69) is 24.4 Å². The highest BCUT2D eigenvalue weighted by Crippen LogP contribution is 2.21. The molecule has 1 N–H and O–H groups in total. The van der Waals surface area contributed by atoms with Gasteiger partial charge < -0.3 is 10.2 Å². The number of carbonyl (C=O) groups excluding carboxylic acids is 2. The van der Waals surface area contributed by atoms with E-state index in [-0.39, 0.29) is 11.8 Å². The zero-order valence-corrected chi connectivity index (χ0v) is 17.3. The molecule has 1 aliphatic rings. The molecule has 0 unspecified atom stereocenters. The molecule has 0 atom stereocenters. The van der Waals surface area contributed by atoms with E-state index in [1.165, 1.54) is 24.0 Å². The molecule has 0 aliphatic carbocycles. The smallest absolute Gasteiger partial charge is 0.255 e. The molecule has 2 aromatic rings. The summed E-state index contributed by atoms with van der Waals surface area (Å²) in [6, 6.07) is 15.6. The number of amides is 2. The normalized spacial score (nSPS) is 14.4. The minimum atomic E-state index is -0.0744. The maximum atomic E-state index is 13.0. The van der Waals surface area contributed by atoms with Gasteiger partial charge in [0.2, 0.25) is 5.91 Å². The molecule has 28 heavy (non-hydrogen) atoms. The molecular weight excluding hydrogens is 368 g/mol. The van der Waals surface area contributed by atoms with Gasteiger partial charge in [-0.15, -0.1) is 11.8 Å². The topological polar surface area (TPSA) is 49.4 Å². The molecule has 1 heterocycles. The van der Waals surface area contributed by atoms with Gasteiger partial charge in [-0.05, 0) is 43.0 Å². The van der Waals surface area contributed by atoms with Crippen LogP contribution in [0.2, 0.25) is 0 Å². The molecule has 1 aliphatic heterocycles. The third-order valence-corrected chi connectivity index (χ3v) is 6.06. The van der Waals surface area contributed by atoms with E-state index in [0.29, 0.717) is 17.0 Å². The average molecular weight is 397 g/mol. The first-order valence-electron chi connectivity index (χ1n) is 9.95. The summed E-state index contributed by atoms with van der Waals surface area (Å²) in [7, 11) is 0. The SMILES string of the molecule is Cc1ccccc1CSCC(=O)Nc1ccccc1C(=O)N1CCCCCC1. The van der Waals surface area contributed by atoms with Crippen LogP contribution in [-0.2, 0) is 10.5 Å². The number of likely N-dealkylation sites (tertiary alicyclic amines) is 1. The molecule has 0 bridgehead atoms. The van der Waals surface area contributed by atoms with Crippen LogP contribution >= 0.6 is 11.8 Å². The molecule has 1 saturated heterocycles. The summed E-state index contributed by atoms with van der Waals surface area (Å²) in [6.07, 6.45) is 4.46. The van der Waals surface area contributed by atoms with Crippen LogP contribution in [0.15, 0.2) is 48.5 Å². The van der Waals surface area contributed by atoms with Crippen LogP contribution < -0.4 is 5.32 Å². The number of carbonyl (C=O) groups is 2. The Labute approximate surface area is 171 Å². The average Bonchev–Trinajstić information content (AvgIpc) is 2.99. The van der Waals surface area contributed by atoms with E-state index in [4.69, 9.17) is 0 Å². The van der Waals surface area contributed by atoms with Crippen molar-refractivity contribution in [3.8, 4) is 0 Å². The molecule has 0 saturated carbocycles. The molecule has 2 amide bonds. The third-order valence-electron chi connectivity index (χ3n) is 5.08. The predicted molar refractivity (Wildman–Crippen MR) is 117 cm³/mol. The molecule has 1 fully saturated rings. The summed E-state index contributed by atoms with van der Waals surface area (Å²) < 4.78 is 0. The first-order chi connectivity index (χ1) is 13.6. The Morgan fingerprint density at radius 2 is 1.64 bits per heavy atom. The van der Waals surface area contributed by atoms with E-state index in [1.54, 1.807) is 11.8 Å². The molecule has 0 radical (unpaired) electrons. The van der Waals surface area contributed by atoms with E-state index in [1.807, 2.05) is 41.3 Å². The van der Waals surface area contributed by atoms with Gasteiger partial charge in [-0.2, -0.15) is 0 Å². The van der Waals surface area contributed by atoms with Crippen molar-refractivity contribution in [2.45, 2.75) is 38.4 Å². The summed E-state index contributed by atoms with van der Waals surface area (Å²) >= 11 is 1.59. The number of rotatable bonds is 6. The van der Waals surface area contributed by atoms with Crippen molar-refractivity contribution in [1.82, 2.24) is 4.90 Å². The van der Waals surface area contributed by atoms with E-state index in [9.17, 15) is 9.59 Å². The molecular formula is C23H28N2O2S. The van der Waals surface area contributed by atoms with Crippen molar-refractivity contribution in [1.29, 1.82) is 0 Å². The van der Waals surface area contributed by atoms with Crippen molar-refractivity contribution in [3.63, 3.8) is 0 Å². The minimum Gasteiger partial charge on any atom is -0.339 e. The van der Waals surface area contributed by atoms with Gasteiger partial charge in [0.25, 0.3) is 5.91 Å². The number of anilines is 1. The lowest BCUT2D eigenvalue weighted by Crippen LogP contribution is -2.32. The molecule has 148 valence electrons. The van der Waals surface area contributed by atoms with Gasteiger partial charge in [0.1, 0.15) is 0 Å². The molecule has 3 rings (SSSR count). The molecule has 0 aromatic heterocycles. The maximum absolute atomic E-state index is 13.0. The highest BCUT2D eigenvalue weighted by Gasteiger charge is 2.20. The van der Waals surface area contributed by atoms with Gasteiger partial charge in [-0.3, -0.25) is 9.59 Å². The first kappa shape index (κ1) is 20.5. The number of aryl methyl sites for hydroxylation is 1. The van der Waals surface area contributed by atoms with E-state index >= 15 is 0 Å². The monoisotopic (exact) mass is 396 g/mol. The van der Waals surface area contributed by atoms with Crippen molar-refractivity contribution in [2.75, 3.05) is 24.2 Å². The standard InChI is InChI=1S/C23H28N2O2S/c1-18-10-4-5-11-19(18)16-28-17-22(26)24-21-13-7-6-12-20(21)23(27)25-14-8-2-3-9-15-25/h4-7,10-13H,2-3,8-9,14-17H2,1H3,(H,24,26). The Kier molecular flexibility index (Phi) is 7.54. The lowest BCUT2D eigenvalue weighted by molar-refractivity contribution is -0.113. The fourth-order valence-corrected chi connectivity index (χ4v) is 4.34. The van der Waals surface area contributed by atoms with Gasteiger partial charge in [0, 0.05) is 18.8 Å². The van der Waals surface area contributed by atoms with Crippen LogP contribution in [0, 0.1) is 6.92 Å². The van der Waals surface area contributed by atoms with Crippen molar-refractivity contribution in [3.05, 3.63) is 65.2 Å². The summed E-state index contributed by atoms with van der Waals surface area (Å²) in [6.45, 7) is 3.68. The van der Waals surface area contributed by atoms with E-state index < -0.39 is 0 Å².